The van der Waals surface area contributed by atoms with Crippen LogP contribution in [0.25, 0.3) is 0 Å². The van der Waals surface area contributed by atoms with Crippen LogP contribution in [0.4, 0.5) is 0 Å². The van der Waals surface area contributed by atoms with Gasteiger partial charge in [0, 0.05) is 6.42 Å². The topological polar surface area (TPSA) is 50.4 Å². The van der Waals surface area contributed by atoms with Crippen molar-refractivity contribution >= 4 is 18.3 Å². The van der Waals surface area contributed by atoms with Crippen molar-refractivity contribution in [1.82, 2.24) is 10.6 Å². The molecule has 2 rings (SSSR count). The molecule has 1 aromatic rings. The summed E-state index contributed by atoms with van der Waals surface area (Å²) in [6.45, 7) is 9.01. The van der Waals surface area contributed by atoms with Crippen molar-refractivity contribution in [2.75, 3.05) is 19.7 Å². The lowest BCUT2D eigenvalue weighted by Crippen LogP contribution is -2.34. The van der Waals surface area contributed by atoms with Crippen LogP contribution in [0.2, 0.25) is 0 Å². The number of carbonyl (C=O) groups is 1. The first-order chi connectivity index (χ1) is 11.1. The van der Waals surface area contributed by atoms with E-state index in [9.17, 15) is 4.79 Å². The number of halogens is 1. The number of benzene rings is 1. The normalized spacial score (nSPS) is 17.5. The van der Waals surface area contributed by atoms with E-state index in [1.54, 1.807) is 0 Å². The van der Waals surface area contributed by atoms with Crippen LogP contribution in [0.15, 0.2) is 24.3 Å². The molecule has 1 heterocycles. The van der Waals surface area contributed by atoms with Crippen molar-refractivity contribution in [3.8, 4) is 5.75 Å². The number of piperidine rings is 1. The summed E-state index contributed by atoms with van der Waals surface area (Å²) in [5.41, 5.74) is 1.08. The number of amides is 1. The summed E-state index contributed by atoms with van der Waals surface area (Å²) in [7, 11) is 0. The zero-order valence-corrected chi connectivity index (χ0v) is 15.8. The molecule has 0 aromatic heterocycles. The molecule has 24 heavy (non-hydrogen) atoms. The van der Waals surface area contributed by atoms with Gasteiger partial charge in [0.25, 0.3) is 0 Å². The van der Waals surface area contributed by atoms with E-state index in [0.717, 1.165) is 24.4 Å². The van der Waals surface area contributed by atoms with E-state index in [1.807, 2.05) is 38.1 Å². The zero-order valence-electron chi connectivity index (χ0n) is 15.0. The second-order valence-corrected chi connectivity index (χ2v) is 6.56. The molecule has 1 aliphatic heterocycles. The van der Waals surface area contributed by atoms with Gasteiger partial charge in [-0.2, -0.15) is 0 Å². The molecule has 1 fully saturated rings. The maximum absolute atomic E-state index is 12.3. The van der Waals surface area contributed by atoms with Crippen LogP contribution in [0.5, 0.6) is 5.75 Å². The highest BCUT2D eigenvalue weighted by Gasteiger charge is 2.22. The van der Waals surface area contributed by atoms with Gasteiger partial charge in [-0.3, -0.25) is 4.79 Å². The van der Waals surface area contributed by atoms with Gasteiger partial charge in [-0.15, -0.1) is 12.4 Å². The summed E-state index contributed by atoms with van der Waals surface area (Å²) in [6.07, 6.45) is 2.97. The lowest BCUT2D eigenvalue weighted by molar-refractivity contribution is -0.123. The quantitative estimate of drug-likeness (QED) is 0.784. The minimum Gasteiger partial charge on any atom is -0.494 e. The molecule has 4 nitrogen and oxygen atoms in total. The lowest BCUT2D eigenvalue weighted by atomic mass is 9.84. The molecular formula is C19H31ClN2O2. The van der Waals surface area contributed by atoms with Gasteiger partial charge in [-0.05, 0) is 69.3 Å². The van der Waals surface area contributed by atoms with Gasteiger partial charge < -0.3 is 15.4 Å². The third kappa shape index (κ3) is 6.33. The van der Waals surface area contributed by atoms with Crippen LogP contribution in [-0.4, -0.2) is 25.6 Å². The van der Waals surface area contributed by atoms with Crippen LogP contribution >= 0.6 is 12.4 Å². The molecule has 5 heteroatoms. The van der Waals surface area contributed by atoms with Gasteiger partial charge in [0.15, 0.2) is 0 Å². The molecule has 0 aliphatic carbocycles. The Bertz CT molecular complexity index is 504. The molecule has 136 valence electrons. The Kier molecular flexibility index (Phi) is 9.16. The Labute approximate surface area is 152 Å². The Morgan fingerprint density at radius 2 is 2.04 bits per heavy atom. The molecule has 0 radical (unpaired) electrons. The van der Waals surface area contributed by atoms with E-state index in [1.165, 1.54) is 12.8 Å². The van der Waals surface area contributed by atoms with Gasteiger partial charge >= 0.3 is 0 Å². The summed E-state index contributed by atoms with van der Waals surface area (Å²) in [5, 5.41) is 6.51. The number of ether oxygens (including phenoxy) is 1. The van der Waals surface area contributed by atoms with Crippen LogP contribution in [0.3, 0.4) is 0 Å². The highest BCUT2D eigenvalue weighted by molar-refractivity contribution is 5.85. The average molecular weight is 355 g/mol. The van der Waals surface area contributed by atoms with Crippen LogP contribution in [0, 0.1) is 11.8 Å². The van der Waals surface area contributed by atoms with E-state index < -0.39 is 0 Å². The SMILES string of the molecule is CCOc1cccc(C(C)NC(=O)CC(C)C2CCNCC2)c1.Cl. The van der Waals surface area contributed by atoms with Gasteiger partial charge in [0.05, 0.1) is 12.6 Å². The van der Waals surface area contributed by atoms with Crippen molar-refractivity contribution in [3.05, 3.63) is 29.8 Å². The first kappa shape index (κ1) is 20.8. The Balaban J connectivity index is 0.00000288. The number of hydrogen-bond acceptors (Lipinski definition) is 3. The zero-order chi connectivity index (χ0) is 16.7. The van der Waals surface area contributed by atoms with Crippen molar-refractivity contribution in [1.29, 1.82) is 0 Å². The molecule has 1 amide bonds. The molecule has 1 saturated heterocycles. The molecule has 2 unspecified atom stereocenters. The maximum Gasteiger partial charge on any atom is 0.220 e. The first-order valence-corrected chi connectivity index (χ1v) is 8.83. The number of hydrogen-bond donors (Lipinski definition) is 2. The maximum atomic E-state index is 12.3. The number of carbonyl (C=O) groups excluding carboxylic acids is 1. The van der Waals surface area contributed by atoms with Crippen LogP contribution in [0.1, 0.15) is 51.6 Å². The Hall–Kier alpha value is -1.26. The number of nitrogens with one attached hydrogen (secondary N) is 2. The van der Waals surface area contributed by atoms with Crippen molar-refractivity contribution in [2.24, 2.45) is 11.8 Å². The fourth-order valence-corrected chi connectivity index (χ4v) is 3.30. The Morgan fingerprint density at radius 1 is 1.33 bits per heavy atom. The van der Waals surface area contributed by atoms with E-state index in [0.29, 0.717) is 24.9 Å². The standard InChI is InChI=1S/C19H30N2O2.ClH/c1-4-23-18-7-5-6-17(13-18)15(3)21-19(22)12-14(2)16-8-10-20-11-9-16;/h5-7,13-16,20H,4,8-12H2,1-3H3,(H,21,22);1H. The highest BCUT2D eigenvalue weighted by Crippen LogP contribution is 2.25. The van der Waals surface area contributed by atoms with Crippen molar-refractivity contribution in [2.45, 2.75) is 46.1 Å². The molecular weight excluding hydrogens is 324 g/mol. The third-order valence-electron chi connectivity index (χ3n) is 4.74. The van der Waals surface area contributed by atoms with Crippen LogP contribution in [-0.2, 0) is 4.79 Å². The summed E-state index contributed by atoms with van der Waals surface area (Å²) >= 11 is 0. The minimum atomic E-state index is 0. The molecule has 1 aromatic carbocycles. The predicted octanol–water partition coefficient (Wildman–Crippen LogP) is 3.71. The molecule has 2 N–H and O–H groups in total. The fraction of sp³-hybridized carbons (Fsp3) is 0.632. The molecule has 2 atom stereocenters. The Morgan fingerprint density at radius 3 is 2.71 bits per heavy atom. The lowest BCUT2D eigenvalue weighted by Gasteiger charge is -2.28. The fourth-order valence-electron chi connectivity index (χ4n) is 3.30. The van der Waals surface area contributed by atoms with Gasteiger partial charge in [-0.25, -0.2) is 0 Å². The van der Waals surface area contributed by atoms with E-state index in [2.05, 4.69) is 17.6 Å². The summed E-state index contributed by atoms with van der Waals surface area (Å²) in [4.78, 5) is 12.3. The predicted molar refractivity (Wildman–Crippen MR) is 101 cm³/mol. The average Bonchev–Trinajstić information content (AvgIpc) is 2.56. The largest absolute Gasteiger partial charge is 0.494 e. The molecule has 1 aliphatic rings. The van der Waals surface area contributed by atoms with Gasteiger partial charge in [0.1, 0.15) is 5.75 Å². The van der Waals surface area contributed by atoms with Crippen molar-refractivity contribution in [3.63, 3.8) is 0 Å². The molecule has 0 bridgehead atoms. The van der Waals surface area contributed by atoms with E-state index >= 15 is 0 Å². The second-order valence-electron chi connectivity index (χ2n) is 6.56. The first-order valence-electron chi connectivity index (χ1n) is 8.83. The summed E-state index contributed by atoms with van der Waals surface area (Å²) < 4.78 is 5.53. The highest BCUT2D eigenvalue weighted by atomic mass is 35.5. The molecule has 0 saturated carbocycles. The molecule has 0 spiro atoms. The monoisotopic (exact) mass is 354 g/mol. The summed E-state index contributed by atoms with van der Waals surface area (Å²) in [6, 6.07) is 7.96. The smallest absolute Gasteiger partial charge is 0.220 e. The number of rotatable bonds is 7. The van der Waals surface area contributed by atoms with E-state index in [-0.39, 0.29) is 24.4 Å². The minimum absolute atomic E-state index is 0. The van der Waals surface area contributed by atoms with Crippen LogP contribution < -0.4 is 15.4 Å². The van der Waals surface area contributed by atoms with Gasteiger partial charge in [-0.1, -0.05) is 19.1 Å². The van der Waals surface area contributed by atoms with Crippen molar-refractivity contribution < 1.29 is 9.53 Å². The van der Waals surface area contributed by atoms with E-state index in [4.69, 9.17) is 4.74 Å². The summed E-state index contributed by atoms with van der Waals surface area (Å²) in [5.74, 6) is 2.11. The second kappa shape index (κ2) is 10.6. The third-order valence-corrected chi connectivity index (χ3v) is 4.74. The van der Waals surface area contributed by atoms with Gasteiger partial charge in [0.2, 0.25) is 5.91 Å².